The maximum atomic E-state index is 8.53. The van der Waals surface area contributed by atoms with Crippen LogP contribution < -0.4 is 4.74 Å². The summed E-state index contributed by atoms with van der Waals surface area (Å²) in [6.45, 7) is 21.6. The molecule has 4 nitrogen and oxygen atoms in total. The molecule has 338 valence electrons. The number of aromatic nitrogens is 3. The van der Waals surface area contributed by atoms with Crippen LogP contribution in [0.5, 0.6) is 5.75 Å². The van der Waals surface area contributed by atoms with Gasteiger partial charge < -0.3 is 4.74 Å². The molecule has 7 aromatic carbocycles. The molecule has 0 aliphatic rings. The van der Waals surface area contributed by atoms with Crippen LogP contribution in [0, 0.1) is 27.0 Å². The van der Waals surface area contributed by atoms with Crippen molar-refractivity contribution in [3.05, 3.63) is 199 Å². The van der Waals surface area contributed by atoms with Crippen LogP contribution in [0.15, 0.2) is 158 Å². The molecule has 0 aliphatic carbocycles. The molecular formula is C62H59N3OPt. The standard InChI is InChI=1S/C62H59N3O.Pt/c1-39(2)42-25-27-43(28-26-42)46-29-30-63-55(36-46)48-33-47(34-49(35-48)61(5,6)7)50-23-18-24-56-58(50)64-60(53-32-40(3)31-41(4)59(53)66-11)65(56)57-38-51(44-19-14-12-15-20-44)54(62(8,9)10)37-52(57)45-21-16-13-17-22-45;/h12-32,34-39H,11H2,1-10H3;/q-2;+2/i39D;. The SMILES string of the molecule is [2H]C(C)(C)c1ccc(-c2ccnc(-c3[c-]c(-c4cccc5c4nc(-c4cc(C)cc(C)c4O[CH2-])n5-c4cc(-c5ccccc5)c(C(C)(C)C)cc4-c4ccccc4)cc(C(C)(C)C)c3)c2)cc1.[Pt+2]. The van der Waals surface area contributed by atoms with Crippen LogP contribution in [0.2, 0.25) is 0 Å². The molecule has 2 aromatic heterocycles. The summed E-state index contributed by atoms with van der Waals surface area (Å²) in [6, 6.07) is 57.8. The van der Waals surface area contributed by atoms with Gasteiger partial charge in [0, 0.05) is 18.8 Å². The van der Waals surface area contributed by atoms with Crippen molar-refractivity contribution in [2.45, 2.75) is 86.0 Å². The number of fused-ring (bicyclic) bond motifs is 1. The monoisotopic (exact) mass is 1060 g/mol. The summed E-state index contributed by atoms with van der Waals surface area (Å²) in [6.07, 6.45) is 1.88. The summed E-state index contributed by atoms with van der Waals surface area (Å²) in [5, 5.41) is 0. The second-order valence-corrected chi connectivity index (χ2v) is 19.9. The fourth-order valence-corrected chi connectivity index (χ4v) is 9.19. The zero-order valence-electron chi connectivity index (χ0n) is 41.3. The first kappa shape index (κ1) is 45.8. The minimum absolute atomic E-state index is 0. The van der Waals surface area contributed by atoms with E-state index in [0.29, 0.717) is 5.75 Å². The average molecular weight is 1060 g/mol. The Labute approximate surface area is 413 Å². The van der Waals surface area contributed by atoms with Crippen LogP contribution in [-0.4, -0.2) is 14.5 Å². The Morgan fingerprint density at radius 1 is 0.627 bits per heavy atom. The third kappa shape index (κ3) is 9.34. The molecule has 0 fully saturated rings. The average Bonchev–Trinajstić information content (AvgIpc) is 3.70. The predicted molar refractivity (Wildman–Crippen MR) is 277 cm³/mol. The van der Waals surface area contributed by atoms with E-state index >= 15 is 0 Å². The molecule has 9 aromatic rings. The summed E-state index contributed by atoms with van der Waals surface area (Å²) in [4.78, 5) is 10.7. The van der Waals surface area contributed by atoms with Crippen molar-refractivity contribution in [1.29, 1.82) is 0 Å². The number of rotatable bonds is 9. The topological polar surface area (TPSA) is 39.9 Å². The van der Waals surface area contributed by atoms with E-state index in [1.54, 1.807) is 0 Å². The van der Waals surface area contributed by atoms with Gasteiger partial charge in [-0.3, -0.25) is 9.55 Å². The Bertz CT molecular complexity index is 3280. The molecule has 0 aliphatic heterocycles. The van der Waals surface area contributed by atoms with Gasteiger partial charge in [-0.05, 0) is 111 Å². The molecule has 0 N–H and O–H groups in total. The Kier molecular flexibility index (Phi) is 12.8. The molecule has 0 saturated carbocycles. The van der Waals surface area contributed by atoms with Crippen molar-refractivity contribution in [3.63, 3.8) is 0 Å². The number of imidazole rings is 1. The van der Waals surface area contributed by atoms with Crippen molar-refractivity contribution in [1.82, 2.24) is 14.5 Å². The van der Waals surface area contributed by atoms with Crippen LogP contribution in [-0.2, 0) is 31.9 Å². The van der Waals surface area contributed by atoms with E-state index in [-0.39, 0.29) is 31.9 Å². The first-order valence-corrected chi connectivity index (χ1v) is 22.9. The van der Waals surface area contributed by atoms with E-state index in [1.165, 1.54) is 16.7 Å². The van der Waals surface area contributed by atoms with Gasteiger partial charge in [0.05, 0.1) is 28.0 Å². The van der Waals surface area contributed by atoms with Gasteiger partial charge in [0.25, 0.3) is 0 Å². The van der Waals surface area contributed by atoms with E-state index in [9.17, 15) is 0 Å². The van der Waals surface area contributed by atoms with E-state index in [1.807, 2.05) is 26.1 Å². The quantitative estimate of drug-likeness (QED) is 0.135. The molecule has 0 saturated heterocycles. The normalized spacial score (nSPS) is 12.2. The molecule has 67 heavy (non-hydrogen) atoms. The Morgan fingerprint density at radius 3 is 1.91 bits per heavy atom. The van der Waals surface area contributed by atoms with E-state index in [4.69, 9.17) is 16.1 Å². The Hall–Kier alpha value is -6.35. The first-order chi connectivity index (χ1) is 31.9. The molecule has 0 amide bonds. The third-order valence-corrected chi connectivity index (χ3v) is 12.7. The van der Waals surface area contributed by atoms with Crippen molar-refractivity contribution in [3.8, 4) is 78.6 Å². The van der Waals surface area contributed by atoms with Crippen LogP contribution in [0.25, 0.3) is 83.9 Å². The van der Waals surface area contributed by atoms with E-state index in [0.717, 1.165) is 95.0 Å². The van der Waals surface area contributed by atoms with E-state index in [2.05, 4.69) is 219 Å². The molecule has 2 heterocycles. The molecular weight excluding hydrogens is 998 g/mol. The van der Waals surface area contributed by atoms with Crippen molar-refractivity contribution in [2.75, 3.05) is 0 Å². The Morgan fingerprint density at radius 2 is 1.28 bits per heavy atom. The minimum Gasteiger partial charge on any atom is -0.665 e. The number of ether oxygens (including phenoxy) is 1. The van der Waals surface area contributed by atoms with Gasteiger partial charge in [-0.15, -0.1) is 29.3 Å². The van der Waals surface area contributed by atoms with E-state index < -0.39 is 5.89 Å². The van der Waals surface area contributed by atoms with Gasteiger partial charge >= 0.3 is 21.1 Å². The number of benzene rings is 7. The van der Waals surface area contributed by atoms with Gasteiger partial charge in [0.15, 0.2) is 0 Å². The smallest absolute Gasteiger partial charge is 0.665 e. The van der Waals surface area contributed by atoms with Gasteiger partial charge in [-0.2, -0.15) is 7.11 Å². The number of hydrogen-bond acceptors (Lipinski definition) is 3. The van der Waals surface area contributed by atoms with Gasteiger partial charge in [-0.1, -0.05) is 176 Å². The predicted octanol–water partition coefficient (Wildman–Crippen LogP) is 16.7. The molecule has 0 atom stereocenters. The maximum absolute atomic E-state index is 8.53. The van der Waals surface area contributed by atoms with Crippen molar-refractivity contribution >= 4 is 11.0 Å². The van der Waals surface area contributed by atoms with Crippen molar-refractivity contribution < 1.29 is 27.2 Å². The van der Waals surface area contributed by atoms with Gasteiger partial charge in [0.1, 0.15) is 5.82 Å². The first-order valence-electron chi connectivity index (χ1n) is 23.4. The van der Waals surface area contributed by atoms with Crippen LogP contribution in [0.1, 0.15) is 90.5 Å². The van der Waals surface area contributed by atoms with Crippen LogP contribution in [0.4, 0.5) is 0 Å². The zero-order chi connectivity index (χ0) is 47.4. The Balaban J connectivity index is 0.00000625. The van der Waals surface area contributed by atoms with Crippen LogP contribution in [0.3, 0.4) is 0 Å². The number of hydrogen-bond donors (Lipinski definition) is 0. The summed E-state index contributed by atoms with van der Waals surface area (Å²) in [5.74, 6) is 0.773. The molecule has 0 spiro atoms. The minimum atomic E-state index is -0.672. The number of para-hydroxylation sites is 1. The summed E-state index contributed by atoms with van der Waals surface area (Å²) in [5.41, 5.74) is 19.1. The van der Waals surface area contributed by atoms with Gasteiger partial charge in [0.2, 0.25) is 0 Å². The number of pyridine rings is 1. The summed E-state index contributed by atoms with van der Waals surface area (Å²) < 4.78 is 16.9. The zero-order valence-corrected chi connectivity index (χ0v) is 42.6. The second kappa shape index (κ2) is 18.7. The fourth-order valence-electron chi connectivity index (χ4n) is 9.19. The molecule has 0 bridgehead atoms. The largest absolute Gasteiger partial charge is 2.00 e. The fraction of sp³-hybridized carbons (Fsp3) is 0.210. The second-order valence-electron chi connectivity index (χ2n) is 19.9. The molecule has 5 heteroatoms. The molecule has 9 rings (SSSR count). The van der Waals surface area contributed by atoms with Gasteiger partial charge in [-0.25, -0.2) is 4.98 Å². The van der Waals surface area contributed by atoms with Crippen molar-refractivity contribution in [2.24, 2.45) is 0 Å². The third-order valence-electron chi connectivity index (χ3n) is 12.7. The van der Waals surface area contributed by atoms with Crippen LogP contribution >= 0.6 is 0 Å². The molecule has 0 unspecified atom stereocenters. The summed E-state index contributed by atoms with van der Waals surface area (Å²) in [7, 11) is 3.97. The summed E-state index contributed by atoms with van der Waals surface area (Å²) >= 11 is 0. The number of nitrogens with zero attached hydrogens (tertiary/aromatic N) is 3. The maximum Gasteiger partial charge on any atom is 2.00 e. The number of aryl methyl sites for hydroxylation is 2. The molecule has 0 radical (unpaired) electrons.